The minimum absolute atomic E-state index is 0.175. The Morgan fingerprint density at radius 3 is 2.88 bits per heavy atom. The lowest BCUT2D eigenvalue weighted by molar-refractivity contribution is -0.118. The number of carbonyl (C=O) groups excluding carboxylic acids is 1. The number of nitrogens with zero attached hydrogens (tertiary/aromatic N) is 2. The Morgan fingerprint density at radius 1 is 1.16 bits per heavy atom. The zero-order chi connectivity index (χ0) is 17.6. The minimum atomic E-state index is 0.175. The zero-order valence-corrected chi connectivity index (χ0v) is 14.9. The van der Waals surface area contributed by atoms with E-state index in [-0.39, 0.29) is 5.91 Å². The van der Waals surface area contributed by atoms with Crippen molar-refractivity contribution in [2.75, 3.05) is 31.6 Å². The van der Waals surface area contributed by atoms with E-state index in [0.717, 1.165) is 48.5 Å². The van der Waals surface area contributed by atoms with Crippen LogP contribution in [-0.4, -0.2) is 37.6 Å². The molecule has 1 aliphatic rings. The molecular weight excluding hydrogens is 314 g/mol. The highest BCUT2D eigenvalue weighted by Gasteiger charge is 2.20. The van der Waals surface area contributed by atoms with Gasteiger partial charge < -0.3 is 15.0 Å². The topological polar surface area (TPSA) is 54.5 Å². The first kappa shape index (κ1) is 17.4. The Morgan fingerprint density at radius 2 is 2.04 bits per heavy atom. The first-order valence-corrected chi connectivity index (χ1v) is 8.87. The van der Waals surface area contributed by atoms with Crippen LogP contribution in [0.1, 0.15) is 25.3 Å². The zero-order valence-electron chi connectivity index (χ0n) is 14.9. The van der Waals surface area contributed by atoms with E-state index in [4.69, 9.17) is 4.74 Å². The molecule has 1 aromatic heterocycles. The maximum atomic E-state index is 11.8. The molecule has 1 aromatic carbocycles. The van der Waals surface area contributed by atoms with E-state index in [1.807, 2.05) is 31.4 Å². The Bertz CT molecular complexity index is 745. The Kier molecular flexibility index (Phi) is 5.66. The predicted molar refractivity (Wildman–Crippen MR) is 100 cm³/mol. The van der Waals surface area contributed by atoms with Crippen molar-refractivity contribution < 1.29 is 9.53 Å². The van der Waals surface area contributed by atoms with Gasteiger partial charge in [0.1, 0.15) is 12.4 Å². The molecule has 25 heavy (non-hydrogen) atoms. The van der Waals surface area contributed by atoms with Gasteiger partial charge in [0.05, 0.1) is 6.20 Å². The summed E-state index contributed by atoms with van der Waals surface area (Å²) < 4.78 is 5.78. The summed E-state index contributed by atoms with van der Waals surface area (Å²) in [6.45, 7) is 4.61. The van der Waals surface area contributed by atoms with Crippen molar-refractivity contribution in [1.29, 1.82) is 0 Å². The Balaban J connectivity index is 1.72. The van der Waals surface area contributed by atoms with Gasteiger partial charge in [0.15, 0.2) is 0 Å². The van der Waals surface area contributed by atoms with Crippen molar-refractivity contribution in [1.82, 2.24) is 10.3 Å². The average molecular weight is 339 g/mol. The maximum absolute atomic E-state index is 11.8. The summed E-state index contributed by atoms with van der Waals surface area (Å²) in [4.78, 5) is 17.9. The second kappa shape index (κ2) is 8.12. The number of amides is 1. The van der Waals surface area contributed by atoms with E-state index in [1.165, 1.54) is 5.56 Å². The smallest absolute Gasteiger partial charge is 0.227 e. The summed E-state index contributed by atoms with van der Waals surface area (Å²) in [6, 6.07) is 8.23. The van der Waals surface area contributed by atoms with Gasteiger partial charge in [-0.05, 0) is 48.7 Å². The third kappa shape index (κ3) is 4.17. The van der Waals surface area contributed by atoms with E-state index in [9.17, 15) is 4.79 Å². The van der Waals surface area contributed by atoms with Crippen molar-refractivity contribution in [3.63, 3.8) is 0 Å². The van der Waals surface area contributed by atoms with E-state index < -0.39 is 0 Å². The fraction of sp³-hybridized carbons (Fsp3) is 0.400. The van der Waals surface area contributed by atoms with Crippen molar-refractivity contribution in [3.8, 4) is 16.9 Å². The number of hydrogen-bond donors (Lipinski definition) is 1. The van der Waals surface area contributed by atoms with Gasteiger partial charge in [-0.15, -0.1) is 0 Å². The highest BCUT2D eigenvalue weighted by molar-refractivity contribution is 5.96. The summed E-state index contributed by atoms with van der Waals surface area (Å²) >= 11 is 0. The minimum Gasteiger partial charge on any atom is -0.491 e. The van der Waals surface area contributed by atoms with Gasteiger partial charge in [-0.2, -0.15) is 0 Å². The van der Waals surface area contributed by atoms with Crippen LogP contribution >= 0.6 is 0 Å². The number of carbonyl (C=O) groups is 1. The summed E-state index contributed by atoms with van der Waals surface area (Å²) in [7, 11) is 1.84. The molecule has 2 aromatic rings. The molecule has 0 radical (unpaired) electrons. The van der Waals surface area contributed by atoms with Gasteiger partial charge in [0.25, 0.3) is 0 Å². The third-order valence-corrected chi connectivity index (χ3v) is 4.44. The molecule has 0 atom stereocenters. The fourth-order valence-electron chi connectivity index (χ4n) is 3.03. The number of hydrogen-bond acceptors (Lipinski definition) is 4. The molecule has 0 bridgehead atoms. The molecule has 1 N–H and O–H groups in total. The molecule has 0 aliphatic carbocycles. The second-order valence-corrected chi connectivity index (χ2v) is 6.30. The van der Waals surface area contributed by atoms with Crippen LogP contribution in [0.25, 0.3) is 11.1 Å². The lowest BCUT2D eigenvalue weighted by Gasteiger charge is -2.26. The van der Waals surface area contributed by atoms with Crippen molar-refractivity contribution in [3.05, 3.63) is 42.2 Å². The largest absolute Gasteiger partial charge is 0.491 e. The molecule has 3 rings (SSSR count). The highest BCUT2D eigenvalue weighted by atomic mass is 16.5. The van der Waals surface area contributed by atoms with Gasteiger partial charge in [0.2, 0.25) is 5.91 Å². The molecule has 5 nitrogen and oxygen atoms in total. The van der Waals surface area contributed by atoms with Crippen molar-refractivity contribution in [2.45, 2.75) is 26.2 Å². The average Bonchev–Trinajstić information content (AvgIpc) is 2.65. The van der Waals surface area contributed by atoms with Crippen LogP contribution in [0.15, 0.2) is 36.7 Å². The van der Waals surface area contributed by atoms with Crippen molar-refractivity contribution in [2.24, 2.45) is 0 Å². The monoisotopic (exact) mass is 339 g/mol. The molecule has 0 saturated heterocycles. The number of rotatable bonds is 7. The number of ether oxygens (including phenoxy) is 1. The molecule has 0 unspecified atom stereocenters. The molecule has 132 valence electrons. The van der Waals surface area contributed by atoms with E-state index in [0.29, 0.717) is 13.0 Å². The van der Waals surface area contributed by atoms with Crippen LogP contribution < -0.4 is 15.0 Å². The number of benzene rings is 1. The van der Waals surface area contributed by atoms with Crippen LogP contribution in [0.4, 0.5) is 5.69 Å². The first-order valence-electron chi connectivity index (χ1n) is 8.87. The van der Waals surface area contributed by atoms with Gasteiger partial charge >= 0.3 is 0 Å². The highest BCUT2D eigenvalue weighted by Crippen LogP contribution is 2.32. The van der Waals surface area contributed by atoms with Gasteiger partial charge in [0, 0.05) is 37.5 Å². The van der Waals surface area contributed by atoms with Crippen LogP contribution in [0, 0.1) is 0 Å². The molecule has 1 amide bonds. The molecule has 0 spiro atoms. The van der Waals surface area contributed by atoms with Crippen LogP contribution in [0.5, 0.6) is 5.75 Å². The van der Waals surface area contributed by atoms with Crippen LogP contribution in [-0.2, 0) is 11.2 Å². The lowest BCUT2D eigenvalue weighted by atomic mass is 9.97. The third-order valence-electron chi connectivity index (χ3n) is 4.44. The van der Waals surface area contributed by atoms with E-state index in [2.05, 4.69) is 23.3 Å². The van der Waals surface area contributed by atoms with E-state index >= 15 is 0 Å². The number of pyridine rings is 1. The van der Waals surface area contributed by atoms with Gasteiger partial charge in [-0.3, -0.25) is 9.78 Å². The van der Waals surface area contributed by atoms with Gasteiger partial charge in [-0.25, -0.2) is 0 Å². The molecule has 0 saturated carbocycles. The first-order chi connectivity index (χ1) is 12.2. The number of nitrogens with one attached hydrogen (secondary N) is 1. The molecule has 5 heteroatoms. The van der Waals surface area contributed by atoms with Crippen molar-refractivity contribution >= 4 is 11.6 Å². The predicted octanol–water partition coefficient (Wildman–Crippen LogP) is 3.04. The Hall–Kier alpha value is -2.40. The second-order valence-electron chi connectivity index (χ2n) is 6.30. The van der Waals surface area contributed by atoms with E-state index in [1.54, 1.807) is 11.1 Å². The SMILES string of the molecule is CCCNCCOc1cncc(-c2ccc3c(c2)CCC(=O)N3C)c1. The van der Waals surface area contributed by atoms with Crippen LogP contribution in [0.2, 0.25) is 0 Å². The number of aryl methyl sites for hydroxylation is 1. The number of anilines is 1. The number of fused-ring (bicyclic) bond motifs is 1. The summed E-state index contributed by atoms with van der Waals surface area (Å²) in [5.74, 6) is 0.954. The number of aromatic nitrogens is 1. The lowest BCUT2D eigenvalue weighted by Crippen LogP contribution is -2.30. The van der Waals surface area contributed by atoms with Gasteiger partial charge in [-0.1, -0.05) is 13.0 Å². The molecule has 0 fully saturated rings. The molecule has 2 heterocycles. The summed E-state index contributed by atoms with van der Waals surface area (Å²) in [6.07, 6.45) is 6.07. The fourth-order valence-corrected chi connectivity index (χ4v) is 3.03. The quantitative estimate of drug-likeness (QED) is 0.788. The standard InChI is InChI=1S/C20H25N3O2/c1-3-8-21-9-10-25-18-12-17(13-22-14-18)15-4-6-19-16(11-15)5-7-20(24)23(19)2/h4,6,11-14,21H,3,5,7-10H2,1-2H3. The Labute approximate surface area is 149 Å². The maximum Gasteiger partial charge on any atom is 0.227 e. The van der Waals surface area contributed by atoms with Crippen LogP contribution in [0.3, 0.4) is 0 Å². The summed E-state index contributed by atoms with van der Waals surface area (Å²) in [5.41, 5.74) is 4.34. The normalized spacial score (nSPS) is 13.7. The molecular formula is C20H25N3O2. The summed E-state index contributed by atoms with van der Waals surface area (Å²) in [5, 5.41) is 3.32. The molecule has 1 aliphatic heterocycles.